The summed E-state index contributed by atoms with van der Waals surface area (Å²) in [7, 11) is 0. The smallest absolute Gasteiger partial charge is 0.332 e. The van der Waals surface area contributed by atoms with Gasteiger partial charge >= 0.3 is 5.97 Å². The van der Waals surface area contributed by atoms with Gasteiger partial charge in [-0.15, -0.1) is 0 Å². The van der Waals surface area contributed by atoms with Gasteiger partial charge in [-0.05, 0) is 18.8 Å². The van der Waals surface area contributed by atoms with E-state index in [1.54, 1.807) is 0 Å². The summed E-state index contributed by atoms with van der Waals surface area (Å²) < 4.78 is 9.96. The molecule has 0 heterocycles. The third-order valence-corrected chi connectivity index (χ3v) is 2.53. The topological polar surface area (TPSA) is 35.5 Å². The van der Waals surface area contributed by atoms with Gasteiger partial charge in [-0.1, -0.05) is 25.8 Å². The number of esters is 1. The van der Waals surface area contributed by atoms with Gasteiger partial charge in [-0.3, -0.25) is 0 Å². The molecule has 0 N–H and O–H groups in total. The molecule has 1 aliphatic rings. The van der Waals surface area contributed by atoms with Gasteiger partial charge < -0.3 is 9.47 Å². The van der Waals surface area contributed by atoms with Crippen LogP contribution in [0.15, 0.2) is 12.7 Å². The van der Waals surface area contributed by atoms with Gasteiger partial charge in [0.1, 0.15) is 0 Å². The number of carbonyl (C=O) groups is 1. The third-order valence-electron chi connectivity index (χ3n) is 2.53. The van der Waals surface area contributed by atoms with E-state index in [0.717, 1.165) is 6.08 Å². The Morgan fingerprint density at radius 3 is 2.71 bits per heavy atom. The molecule has 14 heavy (non-hydrogen) atoms. The van der Waals surface area contributed by atoms with E-state index in [1.165, 1.54) is 32.1 Å². The molecule has 0 aliphatic heterocycles. The van der Waals surface area contributed by atoms with Crippen LogP contribution < -0.4 is 0 Å². The van der Waals surface area contributed by atoms with E-state index in [-0.39, 0.29) is 6.79 Å². The highest BCUT2D eigenvalue weighted by atomic mass is 16.7. The molecule has 0 aromatic carbocycles. The van der Waals surface area contributed by atoms with Crippen LogP contribution in [0, 0.1) is 5.92 Å². The Morgan fingerprint density at radius 2 is 2.07 bits per heavy atom. The fourth-order valence-corrected chi connectivity index (χ4v) is 1.73. The lowest BCUT2D eigenvalue weighted by atomic mass is 9.90. The number of hydrogen-bond acceptors (Lipinski definition) is 3. The van der Waals surface area contributed by atoms with Gasteiger partial charge in [-0.25, -0.2) is 4.79 Å². The van der Waals surface area contributed by atoms with Gasteiger partial charge in [-0.2, -0.15) is 0 Å². The summed E-state index contributed by atoms with van der Waals surface area (Å²) in [6.45, 7) is 4.07. The van der Waals surface area contributed by atoms with Crippen LogP contribution in [0.1, 0.15) is 32.1 Å². The Balaban J connectivity index is 1.97. The average Bonchev–Trinajstić information content (AvgIpc) is 2.25. The average molecular weight is 198 g/mol. The summed E-state index contributed by atoms with van der Waals surface area (Å²) in [6.07, 6.45) is 7.59. The molecule has 0 unspecified atom stereocenters. The van der Waals surface area contributed by atoms with Crippen molar-refractivity contribution in [1.29, 1.82) is 0 Å². The highest BCUT2D eigenvalue weighted by Crippen LogP contribution is 2.23. The Morgan fingerprint density at radius 1 is 1.36 bits per heavy atom. The molecule has 0 atom stereocenters. The van der Waals surface area contributed by atoms with Crippen molar-refractivity contribution in [2.24, 2.45) is 5.92 Å². The maximum Gasteiger partial charge on any atom is 0.332 e. The van der Waals surface area contributed by atoms with Gasteiger partial charge in [0, 0.05) is 6.08 Å². The highest BCUT2D eigenvalue weighted by molar-refractivity contribution is 5.81. The summed E-state index contributed by atoms with van der Waals surface area (Å²) in [5, 5.41) is 0. The van der Waals surface area contributed by atoms with Crippen LogP contribution in [0.2, 0.25) is 0 Å². The summed E-state index contributed by atoms with van der Waals surface area (Å²) in [4.78, 5) is 10.6. The lowest BCUT2D eigenvalue weighted by Gasteiger charge is -2.20. The van der Waals surface area contributed by atoms with Gasteiger partial charge in [0.25, 0.3) is 0 Å². The summed E-state index contributed by atoms with van der Waals surface area (Å²) >= 11 is 0. The minimum Gasteiger partial charge on any atom is -0.435 e. The molecule has 1 rings (SSSR count). The van der Waals surface area contributed by atoms with Crippen molar-refractivity contribution in [3.63, 3.8) is 0 Å². The van der Waals surface area contributed by atoms with Crippen LogP contribution in [0.5, 0.6) is 0 Å². The number of ether oxygens (including phenoxy) is 2. The van der Waals surface area contributed by atoms with E-state index < -0.39 is 5.97 Å². The second-order valence-corrected chi connectivity index (χ2v) is 3.66. The second kappa shape index (κ2) is 6.60. The van der Waals surface area contributed by atoms with Gasteiger partial charge in [0.15, 0.2) is 6.79 Å². The molecule has 0 saturated heterocycles. The minimum absolute atomic E-state index is 0.0569. The van der Waals surface area contributed by atoms with Crippen LogP contribution >= 0.6 is 0 Å². The molecule has 0 radical (unpaired) electrons. The zero-order chi connectivity index (χ0) is 10.2. The molecule has 0 bridgehead atoms. The van der Waals surface area contributed by atoms with E-state index in [0.29, 0.717) is 12.5 Å². The maximum atomic E-state index is 10.6. The van der Waals surface area contributed by atoms with Crippen LogP contribution in [0.3, 0.4) is 0 Å². The van der Waals surface area contributed by atoms with Crippen LogP contribution in [0.4, 0.5) is 0 Å². The van der Waals surface area contributed by atoms with E-state index >= 15 is 0 Å². The SMILES string of the molecule is C=CC(=O)OCOCC1CCCCC1. The standard InChI is InChI=1S/C11H18O3/c1-2-11(12)14-9-13-8-10-6-4-3-5-7-10/h2,10H,1,3-9H2. The van der Waals surface area contributed by atoms with E-state index in [4.69, 9.17) is 9.47 Å². The zero-order valence-corrected chi connectivity index (χ0v) is 8.54. The predicted octanol–water partition coefficient (Wildman–Crippen LogP) is 2.27. The first-order chi connectivity index (χ1) is 6.83. The molecule has 0 amide bonds. The normalized spacial score (nSPS) is 17.7. The molecule has 3 nitrogen and oxygen atoms in total. The third kappa shape index (κ3) is 4.42. The summed E-state index contributed by atoms with van der Waals surface area (Å²) in [5.41, 5.74) is 0. The molecule has 0 aromatic heterocycles. The van der Waals surface area contributed by atoms with Crippen molar-refractivity contribution in [1.82, 2.24) is 0 Å². The molecular weight excluding hydrogens is 180 g/mol. The Kier molecular flexibility index (Phi) is 5.30. The molecule has 0 aromatic rings. The first-order valence-electron chi connectivity index (χ1n) is 5.20. The molecule has 1 saturated carbocycles. The van der Waals surface area contributed by atoms with Crippen LogP contribution in [0.25, 0.3) is 0 Å². The first-order valence-corrected chi connectivity index (χ1v) is 5.20. The van der Waals surface area contributed by atoms with Crippen molar-refractivity contribution >= 4 is 5.97 Å². The largest absolute Gasteiger partial charge is 0.435 e. The molecule has 3 heteroatoms. The van der Waals surface area contributed by atoms with Crippen molar-refractivity contribution < 1.29 is 14.3 Å². The van der Waals surface area contributed by atoms with Gasteiger partial charge in [0.2, 0.25) is 0 Å². The van der Waals surface area contributed by atoms with E-state index in [2.05, 4.69) is 6.58 Å². The number of carbonyl (C=O) groups excluding carboxylic acids is 1. The highest BCUT2D eigenvalue weighted by Gasteiger charge is 2.13. The monoisotopic (exact) mass is 198 g/mol. The second-order valence-electron chi connectivity index (χ2n) is 3.66. The Bertz CT molecular complexity index is 183. The Hall–Kier alpha value is -0.830. The molecule has 0 spiro atoms. The summed E-state index contributed by atoms with van der Waals surface area (Å²) in [5.74, 6) is 0.236. The predicted molar refractivity (Wildman–Crippen MR) is 53.7 cm³/mol. The van der Waals surface area contributed by atoms with Crippen molar-refractivity contribution in [2.45, 2.75) is 32.1 Å². The molecule has 1 aliphatic carbocycles. The lowest BCUT2D eigenvalue weighted by molar-refractivity contribution is -0.151. The van der Waals surface area contributed by atoms with Crippen LogP contribution in [-0.4, -0.2) is 19.4 Å². The van der Waals surface area contributed by atoms with Crippen molar-refractivity contribution in [3.8, 4) is 0 Å². The van der Waals surface area contributed by atoms with Crippen LogP contribution in [-0.2, 0) is 14.3 Å². The minimum atomic E-state index is -0.423. The number of rotatable bonds is 5. The molecule has 80 valence electrons. The van der Waals surface area contributed by atoms with Crippen molar-refractivity contribution in [3.05, 3.63) is 12.7 Å². The van der Waals surface area contributed by atoms with Crippen molar-refractivity contribution in [2.75, 3.05) is 13.4 Å². The summed E-state index contributed by atoms with van der Waals surface area (Å²) in [6, 6.07) is 0. The van der Waals surface area contributed by atoms with E-state index in [9.17, 15) is 4.79 Å². The molecular formula is C11H18O3. The molecule has 1 fully saturated rings. The Labute approximate surface area is 85.1 Å². The lowest BCUT2D eigenvalue weighted by Crippen LogP contribution is -2.15. The number of hydrogen-bond donors (Lipinski definition) is 0. The zero-order valence-electron chi connectivity index (χ0n) is 8.54. The maximum absolute atomic E-state index is 10.6. The quantitative estimate of drug-likeness (QED) is 0.294. The van der Waals surface area contributed by atoms with Gasteiger partial charge in [0.05, 0.1) is 6.61 Å². The fourth-order valence-electron chi connectivity index (χ4n) is 1.73. The fraction of sp³-hybridized carbons (Fsp3) is 0.727. The van der Waals surface area contributed by atoms with E-state index in [1.807, 2.05) is 0 Å². The first kappa shape index (κ1) is 11.2.